The van der Waals surface area contributed by atoms with E-state index >= 15 is 0 Å². The van der Waals surface area contributed by atoms with E-state index in [1.165, 1.54) is 79.1 Å². The Morgan fingerprint density at radius 3 is 2.33 bits per heavy atom. The third-order valence-corrected chi connectivity index (χ3v) is 7.22. The third-order valence-electron chi connectivity index (χ3n) is 5.49. The SMILES string of the molecule is O=c1ccc2cc(S(=O)(=O)N(c3ccc(-c4cccc(C(F)(F)F)c4)cc3)c3ccon3)ccc2[nH]1. The minimum absolute atomic E-state index is 0.0108. The van der Waals surface area contributed by atoms with Crippen LogP contribution in [0.15, 0.2) is 105 Å². The van der Waals surface area contributed by atoms with Gasteiger partial charge in [-0.3, -0.25) is 4.79 Å². The molecule has 0 aliphatic heterocycles. The van der Waals surface area contributed by atoms with E-state index in [1.807, 2.05) is 0 Å². The highest BCUT2D eigenvalue weighted by molar-refractivity contribution is 7.93. The Balaban J connectivity index is 1.57. The second kappa shape index (κ2) is 8.68. The Bertz CT molecular complexity index is 1710. The molecule has 182 valence electrons. The van der Waals surface area contributed by atoms with Crippen molar-refractivity contribution in [3.63, 3.8) is 0 Å². The van der Waals surface area contributed by atoms with E-state index in [2.05, 4.69) is 10.1 Å². The molecule has 0 amide bonds. The summed E-state index contributed by atoms with van der Waals surface area (Å²) in [6.45, 7) is 0. The molecule has 0 bridgehead atoms. The number of anilines is 2. The number of fused-ring (bicyclic) bond motifs is 1. The summed E-state index contributed by atoms with van der Waals surface area (Å²) in [5.74, 6) is -0.0108. The third kappa shape index (κ3) is 4.36. The van der Waals surface area contributed by atoms with Crippen LogP contribution >= 0.6 is 0 Å². The Labute approximate surface area is 202 Å². The average Bonchev–Trinajstić information content (AvgIpc) is 3.38. The van der Waals surface area contributed by atoms with Gasteiger partial charge in [-0.2, -0.15) is 13.2 Å². The minimum atomic E-state index is -4.49. The summed E-state index contributed by atoms with van der Waals surface area (Å²) in [5.41, 5.74) is 0.366. The van der Waals surface area contributed by atoms with Gasteiger partial charge in [-0.1, -0.05) is 29.4 Å². The van der Waals surface area contributed by atoms with Crippen LogP contribution in [0.2, 0.25) is 0 Å². The molecule has 1 N–H and O–H groups in total. The molecule has 5 rings (SSSR count). The number of benzene rings is 3. The molecule has 0 spiro atoms. The Hall–Kier alpha value is -4.38. The van der Waals surface area contributed by atoms with Gasteiger partial charge < -0.3 is 9.51 Å². The number of aromatic nitrogens is 2. The molecule has 0 saturated heterocycles. The summed E-state index contributed by atoms with van der Waals surface area (Å²) in [6, 6.07) is 19.3. The smallest absolute Gasteiger partial charge is 0.363 e. The van der Waals surface area contributed by atoms with Crippen LogP contribution in [0.5, 0.6) is 0 Å². The minimum Gasteiger partial charge on any atom is -0.363 e. The molecule has 7 nitrogen and oxygen atoms in total. The number of hydrogen-bond donors (Lipinski definition) is 1. The van der Waals surface area contributed by atoms with Crippen molar-refractivity contribution in [2.45, 2.75) is 11.1 Å². The number of aromatic amines is 1. The molecule has 36 heavy (non-hydrogen) atoms. The highest BCUT2D eigenvalue weighted by atomic mass is 32.2. The van der Waals surface area contributed by atoms with E-state index in [-0.39, 0.29) is 22.0 Å². The topological polar surface area (TPSA) is 96.3 Å². The lowest BCUT2D eigenvalue weighted by atomic mass is 10.0. The Kier molecular flexibility index (Phi) is 5.64. The second-order valence-corrected chi connectivity index (χ2v) is 9.61. The summed E-state index contributed by atoms with van der Waals surface area (Å²) in [4.78, 5) is 14.1. The molecule has 0 atom stereocenters. The zero-order valence-corrected chi connectivity index (χ0v) is 19.0. The van der Waals surface area contributed by atoms with Gasteiger partial charge in [0.15, 0.2) is 5.82 Å². The van der Waals surface area contributed by atoms with Crippen molar-refractivity contribution < 1.29 is 26.1 Å². The van der Waals surface area contributed by atoms with Gasteiger partial charge in [0, 0.05) is 17.6 Å². The number of H-pyrrole nitrogens is 1. The van der Waals surface area contributed by atoms with Gasteiger partial charge in [0.2, 0.25) is 5.56 Å². The van der Waals surface area contributed by atoms with Crippen molar-refractivity contribution in [3.05, 3.63) is 107 Å². The molecule has 0 aliphatic rings. The highest BCUT2D eigenvalue weighted by Gasteiger charge is 2.31. The maximum Gasteiger partial charge on any atom is 0.416 e. The zero-order chi connectivity index (χ0) is 25.5. The van der Waals surface area contributed by atoms with Crippen molar-refractivity contribution >= 4 is 32.4 Å². The second-order valence-electron chi connectivity index (χ2n) is 7.82. The first-order valence-electron chi connectivity index (χ1n) is 10.5. The Morgan fingerprint density at radius 2 is 1.64 bits per heavy atom. The molecule has 0 aliphatic carbocycles. The molecule has 0 saturated carbocycles. The number of pyridine rings is 1. The molecular formula is C25H16F3N3O4S. The first-order chi connectivity index (χ1) is 17.1. The van der Waals surface area contributed by atoms with E-state index in [0.717, 1.165) is 16.4 Å². The predicted octanol–water partition coefficient (Wildman–Crippen LogP) is 5.73. The number of halogens is 3. The van der Waals surface area contributed by atoms with Crippen molar-refractivity contribution in [2.75, 3.05) is 4.31 Å². The van der Waals surface area contributed by atoms with Crippen LogP contribution in [-0.4, -0.2) is 18.6 Å². The number of nitrogens with one attached hydrogen (secondary N) is 1. The Morgan fingerprint density at radius 1 is 0.861 bits per heavy atom. The fourth-order valence-corrected chi connectivity index (χ4v) is 5.23. The molecule has 2 heterocycles. The van der Waals surface area contributed by atoms with Gasteiger partial charge in [0.05, 0.1) is 16.1 Å². The van der Waals surface area contributed by atoms with Gasteiger partial charge in [0.1, 0.15) is 6.26 Å². The molecule has 5 aromatic rings. The first kappa shape index (κ1) is 23.4. The summed E-state index contributed by atoms with van der Waals surface area (Å²) in [7, 11) is -4.21. The van der Waals surface area contributed by atoms with Crippen molar-refractivity contribution in [3.8, 4) is 11.1 Å². The lowest BCUT2D eigenvalue weighted by molar-refractivity contribution is -0.137. The van der Waals surface area contributed by atoms with E-state index < -0.39 is 21.8 Å². The van der Waals surface area contributed by atoms with Crippen LogP contribution in [0.25, 0.3) is 22.0 Å². The molecule has 0 unspecified atom stereocenters. The van der Waals surface area contributed by atoms with Crippen LogP contribution in [0.1, 0.15) is 5.56 Å². The fourth-order valence-electron chi connectivity index (χ4n) is 3.77. The number of hydrogen-bond acceptors (Lipinski definition) is 5. The van der Waals surface area contributed by atoms with Gasteiger partial charge in [0.25, 0.3) is 10.0 Å². The summed E-state index contributed by atoms with van der Waals surface area (Å²) >= 11 is 0. The maximum absolute atomic E-state index is 13.7. The van der Waals surface area contributed by atoms with Gasteiger partial charge >= 0.3 is 6.18 Å². The number of nitrogens with zero attached hydrogens (tertiary/aromatic N) is 2. The zero-order valence-electron chi connectivity index (χ0n) is 18.2. The lowest BCUT2D eigenvalue weighted by Crippen LogP contribution is -2.26. The molecule has 2 aromatic heterocycles. The maximum atomic E-state index is 13.7. The molecule has 0 fully saturated rings. The van der Waals surface area contributed by atoms with Crippen LogP contribution in [0.3, 0.4) is 0 Å². The number of alkyl halides is 3. The first-order valence-corrected chi connectivity index (χ1v) is 11.9. The molecule has 0 radical (unpaired) electrons. The largest absolute Gasteiger partial charge is 0.416 e. The summed E-state index contributed by atoms with van der Waals surface area (Å²) in [6.07, 6.45) is -3.26. The fraction of sp³-hybridized carbons (Fsp3) is 0.0400. The van der Waals surface area contributed by atoms with Crippen molar-refractivity contribution in [1.82, 2.24) is 10.1 Å². The van der Waals surface area contributed by atoms with Crippen LogP contribution in [0, 0.1) is 0 Å². The highest BCUT2D eigenvalue weighted by Crippen LogP contribution is 2.35. The quantitative estimate of drug-likeness (QED) is 0.325. The summed E-state index contributed by atoms with van der Waals surface area (Å²) < 4.78 is 72.6. The van der Waals surface area contributed by atoms with E-state index in [0.29, 0.717) is 22.0 Å². The van der Waals surface area contributed by atoms with Gasteiger partial charge in [-0.25, -0.2) is 12.7 Å². The van der Waals surface area contributed by atoms with Gasteiger partial charge in [-0.15, -0.1) is 0 Å². The monoisotopic (exact) mass is 511 g/mol. The van der Waals surface area contributed by atoms with Crippen molar-refractivity contribution in [2.24, 2.45) is 0 Å². The molecule has 11 heteroatoms. The number of sulfonamides is 1. The standard InChI is InChI=1S/C25H16F3N3O4S/c26-25(27,28)19-3-1-2-17(14-19)16-4-7-20(8-5-16)31(23-12-13-35-30-23)36(33,34)21-9-10-22-18(15-21)6-11-24(32)29-22/h1-15H,(H,29,32). The normalized spacial score (nSPS) is 12.1. The van der Waals surface area contributed by atoms with Crippen LogP contribution in [0.4, 0.5) is 24.7 Å². The van der Waals surface area contributed by atoms with Crippen molar-refractivity contribution in [1.29, 1.82) is 0 Å². The average molecular weight is 511 g/mol. The van der Waals surface area contributed by atoms with Crippen LogP contribution in [-0.2, 0) is 16.2 Å². The number of rotatable bonds is 5. The van der Waals surface area contributed by atoms with Gasteiger partial charge in [-0.05, 0) is 65.0 Å². The molecular weight excluding hydrogens is 495 g/mol. The van der Waals surface area contributed by atoms with E-state index in [1.54, 1.807) is 0 Å². The van der Waals surface area contributed by atoms with E-state index in [9.17, 15) is 26.4 Å². The predicted molar refractivity (Wildman–Crippen MR) is 127 cm³/mol. The van der Waals surface area contributed by atoms with Crippen LogP contribution < -0.4 is 9.86 Å². The molecule has 3 aromatic carbocycles. The lowest BCUT2D eigenvalue weighted by Gasteiger charge is -2.22. The van der Waals surface area contributed by atoms with E-state index in [4.69, 9.17) is 4.52 Å². The summed E-state index contributed by atoms with van der Waals surface area (Å²) in [5, 5.41) is 4.29.